The van der Waals surface area contributed by atoms with Gasteiger partial charge in [0.1, 0.15) is 11.2 Å². The maximum Gasteiger partial charge on any atom is 0.164 e. The number of hydrogen-bond donors (Lipinski definition) is 0. The van der Waals surface area contributed by atoms with E-state index in [4.69, 9.17) is 19.4 Å². The predicted molar refractivity (Wildman–Crippen MR) is 225 cm³/mol. The van der Waals surface area contributed by atoms with Gasteiger partial charge in [-0.25, -0.2) is 15.0 Å². The average Bonchev–Trinajstić information content (AvgIpc) is 3.82. The number of aromatic nitrogens is 3. The third kappa shape index (κ3) is 5.01. The molecule has 0 unspecified atom stereocenters. The second kappa shape index (κ2) is 12.3. The van der Waals surface area contributed by atoms with E-state index >= 15 is 0 Å². The molecule has 0 aliphatic carbocycles. The van der Waals surface area contributed by atoms with Gasteiger partial charge in [-0.2, -0.15) is 0 Å². The average molecular weight is 708 g/mol. The Morgan fingerprint density at radius 3 is 1.87 bits per heavy atom. The van der Waals surface area contributed by atoms with Crippen LogP contribution >= 0.6 is 11.3 Å². The van der Waals surface area contributed by atoms with Crippen molar-refractivity contribution in [3.8, 4) is 56.4 Å². The third-order valence-electron chi connectivity index (χ3n) is 10.3. The van der Waals surface area contributed by atoms with E-state index in [2.05, 4.69) is 158 Å². The fraction of sp³-hybridized carbons (Fsp3) is 0. The maximum atomic E-state index is 6.61. The lowest BCUT2D eigenvalue weighted by Crippen LogP contribution is -2.01. The van der Waals surface area contributed by atoms with Crippen molar-refractivity contribution >= 4 is 64.2 Å². The number of fused-ring (bicyclic) bond motifs is 7. The second-order valence-electron chi connectivity index (χ2n) is 13.5. The molecule has 54 heavy (non-hydrogen) atoms. The summed E-state index contributed by atoms with van der Waals surface area (Å²) in [7, 11) is 0. The number of nitrogens with zero attached hydrogens (tertiary/aromatic N) is 3. The number of benzene rings is 8. The predicted octanol–water partition coefficient (Wildman–Crippen LogP) is 13.6. The first-order valence-electron chi connectivity index (χ1n) is 18.0. The normalized spacial score (nSPS) is 11.7. The van der Waals surface area contributed by atoms with E-state index in [1.807, 2.05) is 18.2 Å². The fourth-order valence-corrected chi connectivity index (χ4v) is 8.96. The highest BCUT2D eigenvalue weighted by molar-refractivity contribution is 7.25. The Morgan fingerprint density at radius 1 is 0.352 bits per heavy atom. The largest absolute Gasteiger partial charge is 0.456 e. The molecule has 0 aliphatic rings. The molecule has 0 aliphatic heterocycles. The van der Waals surface area contributed by atoms with Crippen LogP contribution in [0.3, 0.4) is 0 Å². The summed E-state index contributed by atoms with van der Waals surface area (Å²) >= 11 is 1.79. The van der Waals surface area contributed by atoms with Crippen molar-refractivity contribution in [2.75, 3.05) is 0 Å². The van der Waals surface area contributed by atoms with E-state index in [9.17, 15) is 0 Å². The molecule has 3 aromatic heterocycles. The van der Waals surface area contributed by atoms with Crippen LogP contribution in [-0.2, 0) is 0 Å². The van der Waals surface area contributed by atoms with E-state index in [1.165, 1.54) is 31.1 Å². The van der Waals surface area contributed by atoms with Crippen molar-refractivity contribution in [1.82, 2.24) is 15.0 Å². The fourth-order valence-electron chi connectivity index (χ4n) is 7.83. The van der Waals surface area contributed by atoms with Gasteiger partial charge < -0.3 is 4.42 Å². The van der Waals surface area contributed by atoms with Crippen LogP contribution in [-0.4, -0.2) is 15.0 Å². The monoisotopic (exact) mass is 707 g/mol. The Balaban J connectivity index is 1.14. The van der Waals surface area contributed by atoms with Crippen molar-refractivity contribution in [2.45, 2.75) is 0 Å². The highest BCUT2D eigenvalue weighted by atomic mass is 32.1. The molecule has 11 rings (SSSR count). The van der Waals surface area contributed by atoms with Gasteiger partial charge in [-0.15, -0.1) is 11.3 Å². The van der Waals surface area contributed by atoms with Crippen LogP contribution in [0.25, 0.3) is 109 Å². The molecule has 0 amide bonds. The van der Waals surface area contributed by atoms with E-state index in [1.54, 1.807) is 11.3 Å². The molecular formula is C49H29N3OS. The molecule has 0 saturated carbocycles. The van der Waals surface area contributed by atoms with Crippen LogP contribution in [0.1, 0.15) is 0 Å². The topological polar surface area (TPSA) is 51.8 Å². The van der Waals surface area contributed by atoms with E-state index in [0.29, 0.717) is 17.5 Å². The summed E-state index contributed by atoms with van der Waals surface area (Å²) in [6.45, 7) is 0. The zero-order valence-electron chi connectivity index (χ0n) is 28.9. The molecule has 0 bridgehead atoms. The van der Waals surface area contributed by atoms with E-state index in [-0.39, 0.29) is 0 Å². The number of rotatable bonds is 5. The number of furan rings is 1. The van der Waals surface area contributed by atoms with Gasteiger partial charge in [0.2, 0.25) is 0 Å². The van der Waals surface area contributed by atoms with Crippen molar-refractivity contribution in [3.63, 3.8) is 0 Å². The Hall–Kier alpha value is -6.95. The first-order valence-corrected chi connectivity index (χ1v) is 18.8. The molecule has 8 aromatic carbocycles. The molecule has 0 atom stereocenters. The summed E-state index contributed by atoms with van der Waals surface area (Å²) in [6.07, 6.45) is 0. The van der Waals surface area contributed by atoms with Crippen LogP contribution < -0.4 is 0 Å². The SMILES string of the molecule is c1ccc(-c2cccc(-c3nc(-c4cccc5oc6cc(-c7cccc8ccccc78)ccc6c45)nc(-c4cccc5sc6ccccc6c45)n3)c2)cc1. The van der Waals surface area contributed by atoms with Crippen LogP contribution in [0.15, 0.2) is 180 Å². The first-order chi connectivity index (χ1) is 26.7. The summed E-state index contributed by atoms with van der Waals surface area (Å²) in [5, 5.41) is 6.79. The lowest BCUT2D eigenvalue weighted by molar-refractivity contribution is 0.669. The van der Waals surface area contributed by atoms with Gasteiger partial charge in [0.15, 0.2) is 17.5 Å². The third-order valence-corrected chi connectivity index (χ3v) is 11.5. The van der Waals surface area contributed by atoms with Gasteiger partial charge in [0.05, 0.1) is 0 Å². The molecule has 0 radical (unpaired) electrons. The molecule has 11 aromatic rings. The lowest BCUT2D eigenvalue weighted by Gasteiger charge is -2.11. The summed E-state index contributed by atoms with van der Waals surface area (Å²) < 4.78 is 9.05. The van der Waals surface area contributed by atoms with Gasteiger partial charge in [0, 0.05) is 47.6 Å². The van der Waals surface area contributed by atoms with Crippen molar-refractivity contribution in [3.05, 3.63) is 176 Å². The highest BCUT2D eigenvalue weighted by Gasteiger charge is 2.20. The van der Waals surface area contributed by atoms with E-state index < -0.39 is 0 Å². The maximum absolute atomic E-state index is 6.61. The quantitative estimate of drug-likeness (QED) is 0.179. The Labute approximate surface area is 314 Å². The molecule has 0 fully saturated rings. The summed E-state index contributed by atoms with van der Waals surface area (Å²) in [5.74, 6) is 1.85. The zero-order chi connectivity index (χ0) is 35.6. The summed E-state index contributed by atoms with van der Waals surface area (Å²) in [5.41, 5.74) is 8.95. The van der Waals surface area contributed by atoms with Crippen molar-refractivity contribution in [1.29, 1.82) is 0 Å². The van der Waals surface area contributed by atoms with Crippen LogP contribution in [0, 0.1) is 0 Å². The molecule has 0 N–H and O–H groups in total. The highest BCUT2D eigenvalue weighted by Crippen LogP contribution is 2.42. The molecule has 0 spiro atoms. The Morgan fingerprint density at radius 2 is 0.981 bits per heavy atom. The summed E-state index contributed by atoms with van der Waals surface area (Å²) in [6, 6.07) is 61.5. The molecule has 0 saturated heterocycles. The smallest absolute Gasteiger partial charge is 0.164 e. The molecule has 5 heteroatoms. The van der Waals surface area contributed by atoms with Crippen LogP contribution in [0.5, 0.6) is 0 Å². The molecule has 3 heterocycles. The standard InChI is InChI=1S/C49H29N3OS/c1-2-12-30(13-3-1)32-16-8-17-34(28-32)47-50-48(52-49(51-47)40-22-11-25-44-46(40)38-19-6-7-24-43(38)54-44)39-21-10-23-41-45(39)37-27-26-33(29-42(37)53-41)36-20-9-15-31-14-4-5-18-35(31)36/h1-29H. The van der Waals surface area contributed by atoms with Crippen molar-refractivity contribution < 1.29 is 4.42 Å². The Bertz CT molecular complexity index is 3230. The van der Waals surface area contributed by atoms with Gasteiger partial charge >= 0.3 is 0 Å². The second-order valence-corrected chi connectivity index (χ2v) is 14.6. The summed E-state index contributed by atoms with van der Waals surface area (Å²) in [4.78, 5) is 15.8. The number of hydrogen-bond acceptors (Lipinski definition) is 5. The molecule has 252 valence electrons. The van der Waals surface area contributed by atoms with Gasteiger partial charge in [-0.05, 0) is 69.4 Å². The molecule has 4 nitrogen and oxygen atoms in total. The number of thiophene rings is 1. The van der Waals surface area contributed by atoms with Crippen LogP contribution in [0.4, 0.5) is 0 Å². The molecular weight excluding hydrogens is 679 g/mol. The minimum atomic E-state index is 0.600. The minimum absolute atomic E-state index is 0.600. The first kappa shape index (κ1) is 30.7. The zero-order valence-corrected chi connectivity index (χ0v) is 29.7. The Kier molecular flexibility index (Phi) is 7.00. The van der Waals surface area contributed by atoms with E-state index in [0.717, 1.165) is 60.7 Å². The van der Waals surface area contributed by atoms with Crippen LogP contribution in [0.2, 0.25) is 0 Å². The van der Waals surface area contributed by atoms with Gasteiger partial charge in [0.25, 0.3) is 0 Å². The van der Waals surface area contributed by atoms with Gasteiger partial charge in [-0.1, -0.05) is 140 Å². The minimum Gasteiger partial charge on any atom is -0.456 e. The lowest BCUT2D eigenvalue weighted by atomic mass is 9.97. The van der Waals surface area contributed by atoms with Crippen molar-refractivity contribution in [2.24, 2.45) is 0 Å². The van der Waals surface area contributed by atoms with Gasteiger partial charge in [-0.3, -0.25) is 0 Å².